The lowest BCUT2D eigenvalue weighted by atomic mass is 10.3. The third-order valence-electron chi connectivity index (χ3n) is 2.45. The van der Waals surface area contributed by atoms with Gasteiger partial charge in [0, 0.05) is 6.07 Å². The molecular weight excluding hydrogens is 214 g/mol. The summed E-state index contributed by atoms with van der Waals surface area (Å²) in [6.45, 7) is 6.57. The van der Waals surface area contributed by atoms with Gasteiger partial charge < -0.3 is 14.8 Å². The molecule has 0 aromatic heterocycles. The van der Waals surface area contributed by atoms with Gasteiger partial charge in [0.15, 0.2) is 0 Å². The molecule has 3 nitrogen and oxygen atoms in total. The van der Waals surface area contributed by atoms with Crippen LogP contribution in [-0.4, -0.2) is 26.8 Å². The van der Waals surface area contributed by atoms with E-state index in [0.29, 0.717) is 0 Å². The Hall–Kier alpha value is -1.48. The highest BCUT2D eigenvalue weighted by Gasteiger charge is 1.96. The highest BCUT2D eigenvalue weighted by molar-refractivity contribution is 5.32. The Morgan fingerprint density at radius 2 is 2.12 bits per heavy atom. The van der Waals surface area contributed by atoms with Gasteiger partial charge in [0.1, 0.15) is 11.5 Å². The van der Waals surface area contributed by atoms with Crippen LogP contribution in [0.5, 0.6) is 11.5 Å². The Kier molecular flexibility index (Phi) is 6.91. The fraction of sp³-hybridized carbons (Fsp3) is 0.429. The van der Waals surface area contributed by atoms with E-state index >= 15 is 0 Å². The molecule has 0 unspecified atom stereocenters. The fourth-order valence-corrected chi connectivity index (χ4v) is 1.51. The van der Waals surface area contributed by atoms with Crippen molar-refractivity contribution < 1.29 is 14.8 Å². The van der Waals surface area contributed by atoms with Gasteiger partial charge in [0.05, 0.1) is 26.8 Å². The molecule has 0 atom stereocenters. The van der Waals surface area contributed by atoms with Gasteiger partial charge in [-0.15, -0.1) is 0 Å². The zero-order valence-corrected chi connectivity index (χ0v) is 10.5. The number of rotatable bonds is 9. The van der Waals surface area contributed by atoms with E-state index in [9.17, 15) is 0 Å². The van der Waals surface area contributed by atoms with Crippen molar-refractivity contribution in [2.24, 2.45) is 0 Å². The minimum absolute atomic E-state index is 0.759. The minimum atomic E-state index is 0.759. The van der Waals surface area contributed by atoms with Gasteiger partial charge in [-0.2, -0.15) is 0 Å². The maximum absolute atomic E-state index is 5.64. The first-order valence-electron chi connectivity index (χ1n) is 6.06. The van der Waals surface area contributed by atoms with E-state index in [4.69, 9.17) is 9.47 Å². The molecular formula is C14H22NO2+. The molecule has 0 spiro atoms. The van der Waals surface area contributed by atoms with E-state index in [0.717, 1.165) is 44.0 Å². The van der Waals surface area contributed by atoms with Crippen LogP contribution >= 0.6 is 0 Å². The Balaban J connectivity index is 2.11. The Bertz CT molecular complexity index is 326. The molecule has 0 bridgehead atoms. The van der Waals surface area contributed by atoms with E-state index in [1.54, 1.807) is 7.11 Å². The summed E-state index contributed by atoms with van der Waals surface area (Å²) in [5, 5.41) is 2.25. The quantitative estimate of drug-likeness (QED) is 0.522. The van der Waals surface area contributed by atoms with Crippen LogP contribution < -0.4 is 14.8 Å². The second-order valence-corrected chi connectivity index (χ2v) is 3.84. The van der Waals surface area contributed by atoms with Gasteiger partial charge in [-0.3, -0.25) is 0 Å². The first kappa shape index (κ1) is 13.6. The van der Waals surface area contributed by atoms with Crippen molar-refractivity contribution in [3.8, 4) is 11.5 Å². The highest BCUT2D eigenvalue weighted by Crippen LogP contribution is 2.18. The lowest BCUT2D eigenvalue weighted by Gasteiger charge is -2.07. The van der Waals surface area contributed by atoms with Crippen molar-refractivity contribution in [2.75, 3.05) is 26.8 Å². The number of nitrogens with two attached hydrogens (primary N) is 1. The fourth-order valence-electron chi connectivity index (χ4n) is 1.51. The highest BCUT2D eigenvalue weighted by atomic mass is 16.5. The van der Waals surface area contributed by atoms with Crippen molar-refractivity contribution >= 4 is 0 Å². The van der Waals surface area contributed by atoms with Gasteiger partial charge >= 0.3 is 0 Å². The molecule has 1 aromatic rings. The number of hydrogen-bond donors (Lipinski definition) is 1. The molecule has 0 amide bonds. The smallest absolute Gasteiger partial charge is 0.122 e. The summed E-state index contributed by atoms with van der Waals surface area (Å²) in [7, 11) is 1.66. The van der Waals surface area contributed by atoms with E-state index in [2.05, 4.69) is 11.9 Å². The van der Waals surface area contributed by atoms with Crippen LogP contribution in [0.4, 0.5) is 0 Å². The van der Waals surface area contributed by atoms with Crippen LogP contribution in [0.25, 0.3) is 0 Å². The van der Waals surface area contributed by atoms with E-state index in [1.807, 2.05) is 30.3 Å². The van der Waals surface area contributed by atoms with Gasteiger partial charge in [0.2, 0.25) is 0 Å². The second kappa shape index (κ2) is 8.65. The molecule has 0 aliphatic carbocycles. The molecule has 0 saturated heterocycles. The van der Waals surface area contributed by atoms with Crippen molar-refractivity contribution in [1.29, 1.82) is 0 Å². The van der Waals surface area contributed by atoms with Crippen LogP contribution in [0.2, 0.25) is 0 Å². The molecule has 0 saturated carbocycles. The molecule has 0 heterocycles. The first-order valence-corrected chi connectivity index (χ1v) is 6.06. The van der Waals surface area contributed by atoms with Crippen LogP contribution in [0, 0.1) is 0 Å². The minimum Gasteiger partial charge on any atom is -0.497 e. The van der Waals surface area contributed by atoms with E-state index in [-0.39, 0.29) is 0 Å². The van der Waals surface area contributed by atoms with Crippen molar-refractivity contribution in [2.45, 2.75) is 12.8 Å². The molecule has 0 aliphatic rings. The lowest BCUT2D eigenvalue weighted by molar-refractivity contribution is -0.646. The predicted octanol–water partition coefficient (Wildman–Crippen LogP) is 1.60. The first-order chi connectivity index (χ1) is 8.36. The van der Waals surface area contributed by atoms with E-state index in [1.165, 1.54) is 0 Å². The summed E-state index contributed by atoms with van der Waals surface area (Å²) >= 11 is 0. The average molecular weight is 236 g/mol. The summed E-state index contributed by atoms with van der Waals surface area (Å²) in [5.74, 6) is 1.71. The van der Waals surface area contributed by atoms with Crippen molar-refractivity contribution in [3.05, 3.63) is 36.9 Å². The zero-order valence-electron chi connectivity index (χ0n) is 10.5. The molecule has 0 radical (unpaired) electrons. The number of quaternary nitrogens is 1. The summed E-state index contributed by atoms with van der Waals surface area (Å²) in [4.78, 5) is 0. The molecule has 1 rings (SSSR count). The number of ether oxygens (including phenoxy) is 2. The third-order valence-corrected chi connectivity index (χ3v) is 2.45. The van der Waals surface area contributed by atoms with Crippen LogP contribution in [0.1, 0.15) is 12.8 Å². The predicted molar refractivity (Wildman–Crippen MR) is 69.6 cm³/mol. The van der Waals surface area contributed by atoms with Crippen LogP contribution in [0.15, 0.2) is 36.9 Å². The van der Waals surface area contributed by atoms with Crippen LogP contribution in [0.3, 0.4) is 0 Å². The second-order valence-electron chi connectivity index (χ2n) is 3.84. The maximum Gasteiger partial charge on any atom is 0.122 e. The lowest BCUT2D eigenvalue weighted by Crippen LogP contribution is -2.83. The van der Waals surface area contributed by atoms with Gasteiger partial charge in [-0.1, -0.05) is 12.6 Å². The summed E-state index contributed by atoms with van der Waals surface area (Å²) in [6.07, 6.45) is 4.16. The normalized spacial score (nSPS) is 9.94. The number of unbranched alkanes of at least 4 members (excludes halogenated alkanes) is 1. The maximum atomic E-state index is 5.64. The summed E-state index contributed by atoms with van der Waals surface area (Å²) in [6, 6.07) is 7.71. The molecule has 3 heteroatoms. The molecule has 2 N–H and O–H groups in total. The topological polar surface area (TPSA) is 35.1 Å². The average Bonchev–Trinajstić information content (AvgIpc) is 2.38. The van der Waals surface area contributed by atoms with Crippen LogP contribution in [-0.2, 0) is 0 Å². The summed E-state index contributed by atoms with van der Waals surface area (Å²) < 4.78 is 10.8. The van der Waals surface area contributed by atoms with Gasteiger partial charge in [-0.05, 0) is 31.1 Å². The number of hydrogen-bond acceptors (Lipinski definition) is 2. The SMILES string of the molecule is C=CC[NH2+]CCCCOc1cccc(OC)c1. The number of benzene rings is 1. The van der Waals surface area contributed by atoms with Gasteiger partial charge in [0.25, 0.3) is 0 Å². The molecule has 1 aromatic carbocycles. The molecule has 17 heavy (non-hydrogen) atoms. The van der Waals surface area contributed by atoms with Crippen molar-refractivity contribution in [1.82, 2.24) is 0 Å². The third kappa shape index (κ3) is 5.97. The largest absolute Gasteiger partial charge is 0.497 e. The zero-order chi connectivity index (χ0) is 12.3. The number of methoxy groups -OCH3 is 1. The summed E-state index contributed by atoms with van der Waals surface area (Å²) in [5.41, 5.74) is 0. The monoisotopic (exact) mass is 236 g/mol. The van der Waals surface area contributed by atoms with E-state index < -0.39 is 0 Å². The van der Waals surface area contributed by atoms with Gasteiger partial charge in [-0.25, -0.2) is 0 Å². The Labute approximate surface area is 103 Å². The molecule has 94 valence electrons. The van der Waals surface area contributed by atoms with Crippen molar-refractivity contribution in [3.63, 3.8) is 0 Å². The standard InChI is InChI=1S/C14H21NO2/c1-3-9-15-10-4-5-11-17-14-8-6-7-13(12-14)16-2/h3,6-8,12,15H,1,4-5,9-11H2,2H3/p+1. The Morgan fingerprint density at radius 1 is 1.29 bits per heavy atom. The molecule has 0 fully saturated rings. The molecule has 0 aliphatic heterocycles. The Morgan fingerprint density at radius 3 is 2.88 bits per heavy atom.